The molecular weight excluding hydrogens is 366 g/mol. The van der Waals surface area contributed by atoms with Gasteiger partial charge in [-0.2, -0.15) is 4.31 Å². The van der Waals surface area contributed by atoms with Gasteiger partial charge in [0.25, 0.3) is 0 Å². The highest BCUT2D eigenvalue weighted by Crippen LogP contribution is 2.24. The standard InChI is InChI=1S/C15H17N3O3S3/c1-11-16-17-15(23-11)22-10-14(19)12-4-6-13(7-5-12)24(20,21)18-8-2-3-9-18/h4-7H,2-3,8-10H2,1H3. The number of aryl methyl sites for hydroxylation is 1. The Morgan fingerprint density at radius 1 is 1.21 bits per heavy atom. The summed E-state index contributed by atoms with van der Waals surface area (Å²) in [5.41, 5.74) is 0.504. The second kappa shape index (κ2) is 7.30. The maximum Gasteiger partial charge on any atom is 0.243 e. The van der Waals surface area contributed by atoms with E-state index in [0.717, 1.165) is 22.2 Å². The fraction of sp³-hybridized carbons (Fsp3) is 0.400. The fourth-order valence-corrected chi connectivity index (χ4v) is 5.66. The van der Waals surface area contributed by atoms with E-state index in [0.29, 0.717) is 18.7 Å². The summed E-state index contributed by atoms with van der Waals surface area (Å²) in [6.45, 7) is 3.00. The lowest BCUT2D eigenvalue weighted by atomic mass is 10.1. The zero-order valence-electron chi connectivity index (χ0n) is 13.1. The molecule has 1 aromatic heterocycles. The lowest BCUT2D eigenvalue weighted by molar-refractivity contribution is 0.102. The van der Waals surface area contributed by atoms with Crippen LogP contribution >= 0.6 is 23.1 Å². The van der Waals surface area contributed by atoms with Crippen molar-refractivity contribution in [2.75, 3.05) is 18.8 Å². The van der Waals surface area contributed by atoms with E-state index in [2.05, 4.69) is 10.2 Å². The van der Waals surface area contributed by atoms with Crippen molar-refractivity contribution < 1.29 is 13.2 Å². The number of benzene rings is 1. The van der Waals surface area contributed by atoms with Crippen LogP contribution in [0.15, 0.2) is 33.5 Å². The summed E-state index contributed by atoms with van der Waals surface area (Å²) in [5, 5.41) is 8.74. The molecule has 1 fully saturated rings. The maximum atomic E-state index is 12.5. The van der Waals surface area contributed by atoms with Crippen LogP contribution in [-0.2, 0) is 10.0 Å². The molecule has 0 saturated carbocycles. The van der Waals surface area contributed by atoms with Crippen LogP contribution in [0.3, 0.4) is 0 Å². The lowest BCUT2D eigenvalue weighted by Crippen LogP contribution is -2.27. The quantitative estimate of drug-likeness (QED) is 0.563. The molecule has 6 nitrogen and oxygen atoms in total. The summed E-state index contributed by atoms with van der Waals surface area (Å²) in [7, 11) is -3.43. The van der Waals surface area contributed by atoms with Crippen molar-refractivity contribution in [2.24, 2.45) is 0 Å². The van der Waals surface area contributed by atoms with Gasteiger partial charge < -0.3 is 0 Å². The molecule has 0 bridgehead atoms. The van der Waals surface area contributed by atoms with Gasteiger partial charge in [-0.05, 0) is 31.9 Å². The molecule has 2 heterocycles. The summed E-state index contributed by atoms with van der Waals surface area (Å²) < 4.78 is 27.2. The van der Waals surface area contributed by atoms with Crippen LogP contribution in [0.4, 0.5) is 0 Å². The molecule has 0 N–H and O–H groups in total. The number of aromatic nitrogens is 2. The van der Waals surface area contributed by atoms with Crippen LogP contribution < -0.4 is 0 Å². The SMILES string of the molecule is Cc1nnc(SCC(=O)c2ccc(S(=O)(=O)N3CCCC3)cc2)s1. The van der Waals surface area contributed by atoms with Crippen LogP contribution in [0.1, 0.15) is 28.2 Å². The van der Waals surface area contributed by atoms with Gasteiger partial charge in [0, 0.05) is 18.7 Å². The minimum Gasteiger partial charge on any atom is -0.293 e. The molecular formula is C15H17N3O3S3. The molecule has 0 amide bonds. The Morgan fingerprint density at radius 3 is 2.46 bits per heavy atom. The lowest BCUT2D eigenvalue weighted by Gasteiger charge is -2.15. The smallest absolute Gasteiger partial charge is 0.243 e. The number of ketones is 1. The van der Waals surface area contributed by atoms with Crippen molar-refractivity contribution >= 4 is 38.9 Å². The highest BCUT2D eigenvalue weighted by Gasteiger charge is 2.27. The van der Waals surface area contributed by atoms with Crippen LogP contribution in [0.25, 0.3) is 0 Å². The maximum absolute atomic E-state index is 12.5. The molecule has 128 valence electrons. The molecule has 0 aliphatic carbocycles. The van der Waals surface area contributed by atoms with E-state index < -0.39 is 10.0 Å². The summed E-state index contributed by atoms with van der Waals surface area (Å²) in [6.07, 6.45) is 1.80. The largest absolute Gasteiger partial charge is 0.293 e. The summed E-state index contributed by atoms with van der Waals surface area (Å²) in [5.74, 6) is 0.199. The Hall–Kier alpha value is -1.29. The molecule has 1 aliphatic rings. The molecule has 0 spiro atoms. The van der Waals surface area contributed by atoms with E-state index in [1.165, 1.54) is 39.5 Å². The van der Waals surface area contributed by atoms with Crippen LogP contribution in [0.2, 0.25) is 0 Å². The van der Waals surface area contributed by atoms with Crippen molar-refractivity contribution in [3.63, 3.8) is 0 Å². The first-order valence-corrected chi connectivity index (χ1v) is 10.8. The number of nitrogens with zero attached hydrogens (tertiary/aromatic N) is 3. The minimum absolute atomic E-state index is 0.0574. The first-order valence-electron chi connectivity index (χ1n) is 7.53. The summed E-state index contributed by atoms with van der Waals surface area (Å²) in [6, 6.07) is 6.19. The first-order chi connectivity index (χ1) is 11.5. The molecule has 1 aromatic carbocycles. The highest BCUT2D eigenvalue weighted by molar-refractivity contribution is 8.01. The Bertz CT molecular complexity index is 825. The molecule has 2 aromatic rings. The van der Waals surface area contributed by atoms with Gasteiger partial charge in [-0.1, -0.05) is 35.2 Å². The second-order valence-corrected chi connectivity index (χ2v) is 9.78. The van der Waals surface area contributed by atoms with E-state index >= 15 is 0 Å². The van der Waals surface area contributed by atoms with Gasteiger partial charge in [-0.25, -0.2) is 8.42 Å². The third kappa shape index (κ3) is 3.85. The summed E-state index contributed by atoms with van der Waals surface area (Å²) >= 11 is 2.79. The monoisotopic (exact) mass is 383 g/mol. The van der Waals surface area contributed by atoms with Gasteiger partial charge in [0.1, 0.15) is 5.01 Å². The molecule has 24 heavy (non-hydrogen) atoms. The fourth-order valence-electron chi connectivity index (χ4n) is 2.44. The number of carbonyl (C=O) groups is 1. The first kappa shape index (κ1) is 17.5. The number of rotatable bonds is 6. The zero-order chi connectivity index (χ0) is 17.2. The predicted molar refractivity (Wildman–Crippen MR) is 94.1 cm³/mol. The van der Waals surface area contributed by atoms with Crippen molar-refractivity contribution in [2.45, 2.75) is 29.0 Å². The third-order valence-electron chi connectivity index (χ3n) is 3.71. The van der Waals surface area contributed by atoms with Gasteiger partial charge in [-0.3, -0.25) is 4.79 Å². The van der Waals surface area contributed by atoms with Gasteiger partial charge in [0.15, 0.2) is 10.1 Å². The van der Waals surface area contributed by atoms with E-state index in [-0.39, 0.29) is 16.4 Å². The van der Waals surface area contributed by atoms with Crippen LogP contribution in [0.5, 0.6) is 0 Å². The average Bonchev–Trinajstić information content (AvgIpc) is 3.24. The number of carbonyl (C=O) groups excluding carboxylic acids is 1. The Balaban J connectivity index is 1.66. The predicted octanol–water partition coefficient (Wildman–Crippen LogP) is 2.61. The van der Waals surface area contributed by atoms with Crippen molar-refractivity contribution in [1.82, 2.24) is 14.5 Å². The van der Waals surface area contributed by atoms with Gasteiger partial charge in [-0.15, -0.1) is 10.2 Å². The molecule has 0 radical (unpaired) electrons. The number of Topliss-reactive ketones (excluding diaryl/α,β-unsaturated/α-hetero) is 1. The van der Waals surface area contributed by atoms with Crippen molar-refractivity contribution in [3.05, 3.63) is 34.8 Å². The highest BCUT2D eigenvalue weighted by atomic mass is 32.2. The number of hydrogen-bond donors (Lipinski definition) is 0. The summed E-state index contributed by atoms with van der Waals surface area (Å²) in [4.78, 5) is 12.5. The second-order valence-electron chi connectivity index (χ2n) is 5.43. The number of sulfonamides is 1. The van der Waals surface area contributed by atoms with Crippen LogP contribution in [0, 0.1) is 6.92 Å². The molecule has 1 saturated heterocycles. The number of thioether (sulfide) groups is 1. The molecule has 1 aliphatic heterocycles. The van der Waals surface area contributed by atoms with Crippen LogP contribution in [-0.4, -0.2) is 47.5 Å². The molecule has 9 heteroatoms. The topological polar surface area (TPSA) is 80.2 Å². The van der Waals surface area contributed by atoms with E-state index in [4.69, 9.17) is 0 Å². The minimum atomic E-state index is -3.43. The van der Waals surface area contributed by atoms with Gasteiger partial charge in [0.05, 0.1) is 10.6 Å². The Morgan fingerprint density at radius 2 is 1.88 bits per heavy atom. The molecule has 0 unspecified atom stereocenters. The zero-order valence-corrected chi connectivity index (χ0v) is 15.6. The molecule has 0 atom stereocenters. The number of hydrogen-bond acceptors (Lipinski definition) is 7. The van der Waals surface area contributed by atoms with Crippen molar-refractivity contribution in [1.29, 1.82) is 0 Å². The van der Waals surface area contributed by atoms with Crippen molar-refractivity contribution in [3.8, 4) is 0 Å². The average molecular weight is 384 g/mol. The van der Waals surface area contributed by atoms with Gasteiger partial charge in [0.2, 0.25) is 10.0 Å². The van der Waals surface area contributed by atoms with E-state index in [1.807, 2.05) is 6.92 Å². The van der Waals surface area contributed by atoms with E-state index in [9.17, 15) is 13.2 Å². The Kier molecular flexibility index (Phi) is 5.33. The Labute approximate surface area is 149 Å². The van der Waals surface area contributed by atoms with E-state index in [1.54, 1.807) is 12.1 Å². The normalized spacial score (nSPS) is 15.7. The molecule has 3 rings (SSSR count). The third-order valence-corrected chi connectivity index (χ3v) is 7.60. The van der Waals surface area contributed by atoms with Gasteiger partial charge >= 0.3 is 0 Å².